The van der Waals surface area contributed by atoms with E-state index in [-0.39, 0.29) is 24.4 Å². The number of nitrogens with two attached hydrogens (primary N) is 1. The predicted molar refractivity (Wildman–Crippen MR) is 83.0 cm³/mol. The third-order valence-corrected chi connectivity index (χ3v) is 3.99. The highest BCUT2D eigenvalue weighted by molar-refractivity contribution is 9.10. The number of ether oxygens (including phenoxy) is 2. The van der Waals surface area contributed by atoms with Crippen LogP contribution in [-0.2, 0) is 0 Å². The Kier molecular flexibility index (Phi) is 6.10. The number of halogens is 2. The van der Waals surface area contributed by atoms with Gasteiger partial charge >= 0.3 is 0 Å². The first kappa shape index (κ1) is 17.1. The quantitative estimate of drug-likeness (QED) is 0.890. The lowest BCUT2D eigenvalue weighted by atomic mass is 10.1. The maximum Gasteiger partial charge on any atom is 0.254 e. The number of carbonyl (C=O) groups is 1. The van der Waals surface area contributed by atoms with E-state index in [1.807, 2.05) is 0 Å². The van der Waals surface area contributed by atoms with E-state index < -0.39 is 0 Å². The van der Waals surface area contributed by atoms with E-state index in [1.165, 1.54) is 0 Å². The lowest BCUT2D eigenvalue weighted by molar-refractivity contribution is 0.0790. The zero-order valence-electron chi connectivity index (χ0n) is 11.4. The van der Waals surface area contributed by atoms with Gasteiger partial charge in [0.05, 0.1) is 14.2 Å². The SMILES string of the molecule is COc1cc(C(=O)N2CC[C@H](N)C2)cc(OC)c1Br.Cl. The van der Waals surface area contributed by atoms with E-state index in [1.54, 1.807) is 31.3 Å². The molecule has 1 heterocycles. The molecule has 0 aromatic heterocycles. The number of methoxy groups -OCH3 is 2. The molecule has 0 bridgehead atoms. The van der Waals surface area contributed by atoms with Crippen LogP contribution in [0.3, 0.4) is 0 Å². The molecule has 1 atom stereocenters. The van der Waals surface area contributed by atoms with Gasteiger partial charge in [-0.3, -0.25) is 4.79 Å². The maximum atomic E-state index is 12.4. The minimum absolute atomic E-state index is 0. The molecule has 0 radical (unpaired) electrons. The second-order valence-corrected chi connectivity index (χ2v) is 5.29. The van der Waals surface area contributed by atoms with E-state index >= 15 is 0 Å². The molecule has 2 rings (SSSR count). The third-order valence-electron chi connectivity index (χ3n) is 3.20. The number of hydrogen-bond donors (Lipinski definition) is 1. The fraction of sp³-hybridized carbons (Fsp3) is 0.462. The molecule has 1 aliphatic rings. The van der Waals surface area contributed by atoms with Crippen molar-refractivity contribution >= 4 is 34.2 Å². The van der Waals surface area contributed by atoms with Gasteiger partial charge in [-0.05, 0) is 34.5 Å². The number of hydrogen-bond acceptors (Lipinski definition) is 4. The molecule has 0 aliphatic carbocycles. The molecule has 1 aliphatic heterocycles. The molecular formula is C13H18BrClN2O3. The molecule has 5 nitrogen and oxygen atoms in total. The van der Waals surface area contributed by atoms with Crippen LogP contribution >= 0.6 is 28.3 Å². The average molecular weight is 366 g/mol. The molecule has 0 spiro atoms. The summed E-state index contributed by atoms with van der Waals surface area (Å²) in [4.78, 5) is 14.1. The first-order valence-electron chi connectivity index (χ1n) is 6.03. The van der Waals surface area contributed by atoms with Gasteiger partial charge in [0.2, 0.25) is 0 Å². The first-order chi connectivity index (χ1) is 9.06. The van der Waals surface area contributed by atoms with Crippen molar-refractivity contribution in [3.8, 4) is 11.5 Å². The van der Waals surface area contributed by atoms with Gasteiger partial charge in [-0.1, -0.05) is 0 Å². The second kappa shape index (κ2) is 7.15. The van der Waals surface area contributed by atoms with Crippen LogP contribution in [0.15, 0.2) is 16.6 Å². The number of carbonyl (C=O) groups excluding carboxylic acids is 1. The molecule has 1 amide bonds. The van der Waals surface area contributed by atoms with Gasteiger partial charge in [-0.15, -0.1) is 12.4 Å². The Labute approximate surface area is 132 Å². The van der Waals surface area contributed by atoms with Crippen LogP contribution in [0, 0.1) is 0 Å². The minimum atomic E-state index is -0.0444. The normalized spacial score (nSPS) is 17.6. The van der Waals surface area contributed by atoms with Crippen LogP contribution in [0.4, 0.5) is 0 Å². The summed E-state index contributed by atoms with van der Waals surface area (Å²) >= 11 is 3.38. The molecule has 1 aromatic rings. The van der Waals surface area contributed by atoms with E-state index in [0.717, 1.165) is 6.42 Å². The van der Waals surface area contributed by atoms with Crippen LogP contribution in [0.5, 0.6) is 11.5 Å². The number of benzene rings is 1. The topological polar surface area (TPSA) is 64.8 Å². The fourth-order valence-electron chi connectivity index (χ4n) is 2.15. The van der Waals surface area contributed by atoms with Crippen molar-refractivity contribution in [2.45, 2.75) is 12.5 Å². The highest BCUT2D eigenvalue weighted by Crippen LogP contribution is 2.36. The molecule has 0 saturated carbocycles. The van der Waals surface area contributed by atoms with Crippen molar-refractivity contribution in [3.05, 3.63) is 22.2 Å². The molecule has 1 saturated heterocycles. The van der Waals surface area contributed by atoms with Crippen molar-refractivity contribution in [3.63, 3.8) is 0 Å². The summed E-state index contributed by atoms with van der Waals surface area (Å²) in [7, 11) is 3.11. The van der Waals surface area contributed by atoms with Gasteiger partial charge < -0.3 is 20.1 Å². The number of nitrogens with zero attached hydrogens (tertiary/aromatic N) is 1. The van der Waals surface area contributed by atoms with Gasteiger partial charge in [-0.25, -0.2) is 0 Å². The lowest BCUT2D eigenvalue weighted by Gasteiger charge is -2.17. The van der Waals surface area contributed by atoms with E-state index in [2.05, 4.69) is 15.9 Å². The smallest absolute Gasteiger partial charge is 0.254 e. The average Bonchev–Trinajstić information content (AvgIpc) is 2.85. The third kappa shape index (κ3) is 3.37. The Balaban J connectivity index is 0.00000200. The van der Waals surface area contributed by atoms with E-state index in [9.17, 15) is 4.79 Å². The number of rotatable bonds is 3. The predicted octanol–water partition coefficient (Wildman–Crippen LogP) is 2.06. The lowest BCUT2D eigenvalue weighted by Crippen LogP contribution is -2.31. The molecule has 112 valence electrons. The van der Waals surface area contributed by atoms with E-state index in [0.29, 0.717) is 34.6 Å². The Morgan fingerprint density at radius 2 is 1.90 bits per heavy atom. The molecule has 2 N–H and O–H groups in total. The Bertz CT molecular complexity index is 473. The van der Waals surface area contributed by atoms with Crippen LogP contribution in [-0.4, -0.2) is 44.2 Å². The molecule has 7 heteroatoms. The van der Waals surface area contributed by atoms with Crippen LogP contribution in [0.1, 0.15) is 16.8 Å². The van der Waals surface area contributed by atoms with E-state index in [4.69, 9.17) is 15.2 Å². The van der Waals surface area contributed by atoms with Crippen molar-refractivity contribution in [1.29, 1.82) is 0 Å². The van der Waals surface area contributed by atoms with Crippen molar-refractivity contribution < 1.29 is 14.3 Å². The first-order valence-corrected chi connectivity index (χ1v) is 6.82. The highest BCUT2D eigenvalue weighted by atomic mass is 79.9. The summed E-state index contributed by atoms with van der Waals surface area (Å²) in [6.07, 6.45) is 0.844. The van der Waals surface area contributed by atoms with Crippen molar-refractivity contribution in [1.82, 2.24) is 4.90 Å². The summed E-state index contributed by atoms with van der Waals surface area (Å²) in [6.45, 7) is 1.29. The molecular weight excluding hydrogens is 348 g/mol. The summed E-state index contributed by atoms with van der Waals surface area (Å²) in [5.41, 5.74) is 6.37. The van der Waals surface area contributed by atoms with Gasteiger partial charge in [0.25, 0.3) is 5.91 Å². The monoisotopic (exact) mass is 364 g/mol. The summed E-state index contributed by atoms with van der Waals surface area (Å²) in [5, 5.41) is 0. The number of amides is 1. The fourth-order valence-corrected chi connectivity index (χ4v) is 2.70. The Morgan fingerprint density at radius 1 is 1.35 bits per heavy atom. The van der Waals surface area contributed by atoms with Gasteiger partial charge in [0.1, 0.15) is 16.0 Å². The molecule has 1 fully saturated rings. The zero-order valence-corrected chi connectivity index (χ0v) is 13.8. The van der Waals surface area contributed by atoms with Gasteiger partial charge in [0.15, 0.2) is 0 Å². The minimum Gasteiger partial charge on any atom is -0.495 e. The largest absolute Gasteiger partial charge is 0.495 e. The molecule has 0 unspecified atom stereocenters. The summed E-state index contributed by atoms with van der Waals surface area (Å²) < 4.78 is 11.2. The second-order valence-electron chi connectivity index (χ2n) is 4.49. The van der Waals surface area contributed by atoms with Crippen molar-refractivity contribution in [2.24, 2.45) is 5.73 Å². The van der Waals surface area contributed by atoms with Crippen LogP contribution in [0.25, 0.3) is 0 Å². The standard InChI is InChI=1S/C13H17BrN2O3.ClH/c1-18-10-5-8(6-11(19-2)12(10)14)13(17)16-4-3-9(15)7-16;/h5-6,9H,3-4,7,15H2,1-2H3;1H/t9-;/m0./s1. The Morgan fingerprint density at radius 3 is 2.30 bits per heavy atom. The zero-order chi connectivity index (χ0) is 14.0. The van der Waals surface area contributed by atoms with Gasteiger partial charge in [-0.2, -0.15) is 0 Å². The number of likely N-dealkylation sites (tertiary alicyclic amines) is 1. The molecule has 1 aromatic carbocycles. The highest BCUT2D eigenvalue weighted by Gasteiger charge is 2.25. The Hall–Kier alpha value is -0.980. The summed E-state index contributed by atoms with van der Waals surface area (Å²) in [5.74, 6) is 1.11. The molecule has 20 heavy (non-hydrogen) atoms. The maximum absolute atomic E-state index is 12.4. The van der Waals surface area contributed by atoms with Crippen LogP contribution in [0.2, 0.25) is 0 Å². The van der Waals surface area contributed by atoms with Crippen LogP contribution < -0.4 is 15.2 Å². The summed E-state index contributed by atoms with van der Waals surface area (Å²) in [6, 6.07) is 3.49. The van der Waals surface area contributed by atoms with Crippen molar-refractivity contribution in [2.75, 3.05) is 27.3 Å². The van der Waals surface area contributed by atoms with Gasteiger partial charge in [0, 0.05) is 24.7 Å².